The zero-order valence-electron chi connectivity index (χ0n) is 13.4. The number of carbonyl (C=O) groups is 1. The van der Waals surface area contributed by atoms with Crippen LogP contribution in [0.2, 0.25) is 0 Å². The van der Waals surface area contributed by atoms with E-state index in [0.717, 1.165) is 9.53 Å². The number of amides is 2. The van der Waals surface area contributed by atoms with Crippen molar-refractivity contribution in [2.75, 3.05) is 11.9 Å². The van der Waals surface area contributed by atoms with Gasteiger partial charge < -0.3 is 9.73 Å². The summed E-state index contributed by atoms with van der Waals surface area (Å²) in [6, 6.07) is 7.53. The van der Waals surface area contributed by atoms with E-state index in [0.29, 0.717) is 35.2 Å². The van der Waals surface area contributed by atoms with Crippen molar-refractivity contribution in [3.8, 4) is 11.5 Å². The maximum Gasteiger partial charge on any atom is 0.321 e. The Morgan fingerprint density at radius 1 is 1.19 bits per heavy atom. The number of fused-ring (bicyclic) bond motifs is 1. The Balaban J connectivity index is 1.28. The first-order valence-corrected chi connectivity index (χ1v) is 9.46. The van der Waals surface area contributed by atoms with Crippen LogP contribution in [0.25, 0.3) is 21.0 Å². The summed E-state index contributed by atoms with van der Waals surface area (Å²) >= 11 is 3.04. The Morgan fingerprint density at radius 2 is 2.04 bits per heavy atom. The number of halogens is 1. The van der Waals surface area contributed by atoms with Crippen LogP contribution in [0.4, 0.5) is 14.3 Å². The molecule has 3 aromatic heterocycles. The van der Waals surface area contributed by atoms with Gasteiger partial charge in [0, 0.05) is 18.5 Å². The molecule has 4 rings (SSSR count). The molecule has 26 heavy (non-hydrogen) atoms. The third kappa shape index (κ3) is 3.73. The van der Waals surface area contributed by atoms with Gasteiger partial charge >= 0.3 is 6.03 Å². The van der Waals surface area contributed by atoms with Crippen LogP contribution in [0.3, 0.4) is 0 Å². The molecule has 0 saturated carbocycles. The van der Waals surface area contributed by atoms with Gasteiger partial charge in [-0.25, -0.2) is 19.2 Å². The molecule has 0 aliphatic heterocycles. The van der Waals surface area contributed by atoms with E-state index in [1.807, 2.05) is 11.4 Å². The summed E-state index contributed by atoms with van der Waals surface area (Å²) in [6.07, 6.45) is 2.05. The van der Waals surface area contributed by atoms with E-state index in [-0.39, 0.29) is 11.8 Å². The number of anilines is 1. The van der Waals surface area contributed by atoms with Crippen molar-refractivity contribution >= 4 is 43.4 Å². The lowest BCUT2D eigenvalue weighted by atomic mass is 10.2. The van der Waals surface area contributed by atoms with E-state index in [1.165, 1.54) is 29.7 Å². The Labute approximate surface area is 155 Å². The predicted molar refractivity (Wildman–Crippen MR) is 100 cm³/mol. The number of thiazole rings is 1. The number of rotatable bonds is 5. The van der Waals surface area contributed by atoms with Crippen molar-refractivity contribution in [1.82, 2.24) is 15.3 Å². The number of urea groups is 1. The van der Waals surface area contributed by atoms with E-state index >= 15 is 0 Å². The molecule has 0 atom stereocenters. The third-order valence-corrected chi connectivity index (χ3v) is 5.57. The van der Waals surface area contributed by atoms with Crippen molar-refractivity contribution in [3.63, 3.8) is 0 Å². The highest BCUT2D eigenvalue weighted by atomic mass is 32.2. The number of benzene rings is 1. The molecule has 0 unspecified atom stereocenters. The van der Waals surface area contributed by atoms with Crippen molar-refractivity contribution in [2.45, 2.75) is 6.42 Å². The molecule has 132 valence electrons. The minimum atomic E-state index is -0.311. The van der Waals surface area contributed by atoms with Crippen LogP contribution in [0.5, 0.6) is 0 Å². The number of nitrogens with zero attached hydrogens (tertiary/aromatic N) is 2. The maximum absolute atomic E-state index is 12.9. The molecule has 4 aromatic rings. The summed E-state index contributed by atoms with van der Waals surface area (Å²) in [5, 5.41) is 8.03. The molecule has 0 aliphatic rings. The van der Waals surface area contributed by atoms with Gasteiger partial charge in [-0.05, 0) is 35.7 Å². The van der Waals surface area contributed by atoms with E-state index in [9.17, 15) is 9.18 Å². The van der Waals surface area contributed by atoms with Gasteiger partial charge in [-0.15, -0.1) is 11.3 Å². The molecule has 0 spiro atoms. The second-order valence-corrected chi connectivity index (χ2v) is 7.57. The number of oxazole rings is 1. The third-order valence-electron chi connectivity index (χ3n) is 3.55. The lowest BCUT2D eigenvalue weighted by molar-refractivity contribution is 0.252. The van der Waals surface area contributed by atoms with Gasteiger partial charge in [0.15, 0.2) is 5.13 Å². The average Bonchev–Trinajstić information content (AvgIpc) is 3.32. The molecule has 9 heteroatoms. The number of aromatic nitrogens is 2. The maximum atomic E-state index is 12.9. The number of carbonyl (C=O) groups excluding carboxylic acids is 1. The second kappa shape index (κ2) is 7.22. The first kappa shape index (κ1) is 16.7. The van der Waals surface area contributed by atoms with Crippen molar-refractivity contribution in [1.29, 1.82) is 0 Å². The fraction of sp³-hybridized carbons (Fsp3) is 0.118. The lowest BCUT2D eigenvalue weighted by Crippen LogP contribution is -2.30. The van der Waals surface area contributed by atoms with E-state index in [2.05, 4.69) is 20.6 Å². The summed E-state index contributed by atoms with van der Waals surface area (Å²) in [6.45, 7) is 0.404. The molecule has 0 aliphatic carbocycles. The summed E-state index contributed by atoms with van der Waals surface area (Å²) in [5.41, 5.74) is 2.30. The Kier molecular flexibility index (Phi) is 4.63. The minimum absolute atomic E-state index is 0.309. The van der Waals surface area contributed by atoms with Gasteiger partial charge in [-0.2, -0.15) is 0 Å². The van der Waals surface area contributed by atoms with Crippen molar-refractivity contribution in [3.05, 3.63) is 53.5 Å². The standard InChI is InChI=1S/C17H13FN4O2S2/c18-11-3-1-10(2-4-11)14-20-12(9-24-14)5-7-19-16(23)22-17-21-13-6-8-25-15(13)26-17/h1-4,6,8-9H,5,7H2,(H2,19,21,22,23). The average molecular weight is 388 g/mol. The normalized spacial score (nSPS) is 11.0. The van der Waals surface area contributed by atoms with E-state index in [4.69, 9.17) is 4.42 Å². The van der Waals surface area contributed by atoms with Crippen LogP contribution in [0.15, 0.2) is 46.4 Å². The van der Waals surface area contributed by atoms with Crippen LogP contribution in [0.1, 0.15) is 5.69 Å². The Bertz CT molecular complexity index is 1010. The number of nitrogens with one attached hydrogen (secondary N) is 2. The molecule has 2 N–H and O–H groups in total. The van der Waals surface area contributed by atoms with Crippen LogP contribution in [-0.4, -0.2) is 22.5 Å². The zero-order valence-corrected chi connectivity index (χ0v) is 15.0. The van der Waals surface area contributed by atoms with Gasteiger partial charge in [-0.1, -0.05) is 11.3 Å². The lowest BCUT2D eigenvalue weighted by Gasteiger charge is -2.03. The molecular weight excluding hydrogens is 375 g/mol. The van der Waals surface area contributed by atoms with Crippen molar-refractivity contribution in [2.24, 2.45) is 0 Å². The highest BCUT2D eigenvalue weighted by Crippen LogP contribution is 2.30. The first-order chi connectivity index (χ1) is 12.7. The molecule has 2 amide bonds. The van der Waals surface area contributed by atoms with Crippen LogP contribution in [-0.2, 0) is 6.42 Å². The number of hydrogen-bond donors (Lipinski definition) is 2. The smallest absolute Gasteiger partial charge is 0.321 e. The van der Waals surface area contributed by atoms with Gasteiger partial charge in [0.1, 0.15) is 16.1 Å². The molecular formula is C17H13FN4O2S2. The van der Waals surface area contributed by atoms with Gasteiger partial charge in [0.2, 0.25) is 5.89 Å². The van der Waals surface area contributed by atoms with Gasteiger partial charge in [0.25, 0.3) is 0 Å². The minimum Gasteiger partial charge on any atom is -0.444 e. The molecule has 0 fully saturated rings. The summed E-state index contributed by atoms with van der Waals surface area (Å²) < 4.78 is 19.4. The highest BCUT2D eigenvalue weighted by molar-refractivity contribution is 7.39. The van der Waals surface area contributed by atoms with Crippen LogP contribution in [0, 0.1) is 5.82 Å². The van der Waals surface area contributed by atoms with Gasteiger partial charge in [0.05, 0.1) is 11.2 Å². The topological polar surface area (TPSA) is 80.0 Å². The largest absolute Gasteiger partial charge is 0.444 e. The first-order valence-electron chi connectivity index (χ1n) is 7.76. The van der Waals surface area contributed by atoms with E-state index in [1.54, 1.807) is 23.5 Å². The molecule has 1 aromatic carbocycles. The zero-order chi connectivity index (χ0) is 17.9. The molecule has 6 nitrogen and oxygen atoms in total. The van der Waals surface area contributed by atoms with Crippen molar-refractivity contribution < 1.29 is 13.6 Å². The van der Waals surface area contributed by atoms with Gasteiger partial charge in [-0.3, -0.25) is 5.32 Å². The quantitative estimate of drug-likeness (QED) is 0.527. The summed E-state index contributed by atoms with van der Waals surface area (Å²) in [7, 11) is 0. The molecule has 3 heterocycles. The Morgan fingerprint density at radius 3 is 2.85 bits per heavy atom. The second-order valence-electron chi connectivity index (χ2n) is 5.39. The summed E-state index contributed by atoms with van der Waals surface area (Å²) in [5.74, 6) is 0.114. The fourth-order valence-corrected chi connectivity index (χ4v) is 4.15. The molecule has 0 bridgehead atoms. The molecule has 0 saturated heterocycles. The number of hydrogen-bond acceptors (Lipinski definition) is 6. The predicted octanol–water partition coefficient (Wildman–Crippen LogP) is 4.52. The van der Waals surface area contributed by atoms with Crippen LogP contribution >= 0.6 is 22.7 Å². The number of thiophene rings is 1. The highest BCUT2D eigenvalue weighted by Gasteiger charge is 2.10. The summed E-state index contributed by atoms with van der Waals surface area (Å²) in [4.78, 5) is 20.6. The Hall–Kier alpha value is -2.78. The SMILES string of the molecule is O=C(NCCc1coc(-c2ccc(F)cc2)n1)Nc1nc2ccsc2s1. The monoisotopic (exact) mass is 388 g/mol. The van der Waals surface area contributed by atoms with Crippen LogP contribution < -0.4 is 10.6 Å². The fourth-order valence-electron chi connectivity index (χ4n) is 2.31. The van der Waals surface area contributed by atoms with E-state index < -0.39 is 0 Å². The molecule has 0 radical (unpaired) electrons.